The Morgan fingerprint density at radius 2 is 1.82 bits per heavy atom. The van der Waals surface area contributed by atoms with Crippen LogP contribution in [0.3, 0.4) is 0 Å². The number of halogens is 4. The van der Waals surface area contributed by atoms with Crippen molar-refractivity contribution in [3.63, 3.8) is 0 Å². The molecule has 1 heterocycles. The minimum absolute atomic E-state index is 0.0227. The molecule has 206 valence electrons. The Morgan fingerprint density at radius 1 is 1.11 bits per heavy atom. The summed E-state index contributed by atoms with van der Waals surface area (Å²) in [5.41, 5.74) is 1.14. The van der Waals surface area contributed by atoms with Crippen LogP contribution >= 0.6 is 0 Å². The third-order valence-corrected chi connectivity index (χ3v) is 8.16. The molecule has 0 saturated carbocycles. The number of fused-ring (bicyclic) bond motifs is 1. The van der Waals surface area contributed by atoms with E-state index in [4.69, 9.17) is 9.84 Å². The molecule has 0 bridgehead atoms. The lowest BCUT2D eigenvalue weighted by atomic mass is 9.91. The van der Waals surface area contributed by atoms with Gasteiger partial charge in [-0.25, -0.2) is 4.39 Å². The Bertz CT molecular complexity index is 1210. The van der Waals surface area contributed by atoms with E-state index >= 15 is 0 Å². The SMILES string of the molecule is C[Si](C)(C)c1ccc(NC(=O)[C@H]2c3ccc(OCC(F)(F)F)cc3CCN2C(=O)CCCC(=O)O)cc1F. The van der Waals surface area contributed by atoms with Gasteiger partial charge >= 0.3 is 12.1 Å². The molecule has 1 aliphatic rings. The second-order valence-electron chi connectivity index (χ2n) is 10.2. The van der Waals surface area contributed by atoms with Crippen molar-refractivity contribution in [3.8, 4) is 5.75 Å². The molecule has 0 unspecified atom stereocenters. The van der Waals surface area contributed by atoms with E-state index < -0.39 is 50.5 Å². The second kappa shape index (κ2) is 11.5. The lowest BCUT2D eigenvalue weighted by molar-refractivity contribution is -0.153. The van der Waals surface area contributed by atoms with Crippen molar-refractivity contribution >= 4 is 36.7 Å². The number of carbonyl (C=O) groups is 3. The monoisotopic (exact) mass is 554 g/mol. The van der Waals surface area contributed by atoms with Gasteiger partial charge < -0.3 is 20.1 Å². The molecular weight excluding hydrogens is 524 g/mol. The highest BCUT2D eigenvalue weighted by atomic mass is 28.3. The summed E-state index contributed by atoms with van der Waals surface area (Å²) < 4.78 is 57.3. The number of nitrogens with zero attached hydrogens (tertiary/aromatic N) is 1. The number of benzene rings is 2. The van der Waals surface area contributed by atoms with Gasteiger partial charge in [-0.05, 0) is 53.4 Å². The van der Waals surface area contributed by atoms with Gasteiger partial charge in [-0.1, -0.05) is 31.8 Å². The number of hydrogen-bond acceptors (Lipinski definition) is 4. The normalized spacial score (nSPS) is 15.6. The molecule has 0 aromatic heterocycles. The maximum Gasteiger partial charge on any atom is 0.422 e. The van der Waals surface area contributed by atoms with Crippen LogP contribution in [0.2, 0.25) is 19.6 Å². The summed E-state index contributed by atoms with van der Waals surface area (Å²) >= 11 is 0. The number of hydrogen-bond donors (Lipinski definition) is 2. The highest BCUT2D eigenvalue weighted by Gasteiger charge is 2.36. The molecular formula is C26H30F4N2O5Si. The van der Waals surface area contributed by atoms with Crippen molar-refractivity contribution < 1.29 is 41.8 Å². The fourth-order valence-electron chi connectivity index (χ4n) is 4.36. The van der Waals surface area contributed by atoms with Crippen molar-refractivity contribution in [1.29, 1.82) is 0 Å². The number of rotatable bonds is 9. The fourth-order valence-corrected chi connectivity index (χ4v) is 5.73. The number of nitrogens with one attached hydrogen (secondary N) is 1. The second-order valence-corrected chi connectivity index (χ2v) is 15.2. The summed E-state index contributed by atoms with van der Waals surface area (Å²) in [5, 5.41) is 12.1. The van der Waals surface area contributed by atoms with E-state index in [0.717, 1.165) is 0 Å². The molecule has 0 spiro atoms. The predicted molar refractivity (Wildman–Crippen MR) is 136 cm³/mol. The summed E-state index contributed by atoms with van der Waals surface area (Å²) in [6.45, 7) is 4.58. The van der Waals surface area contributed by atoms with Gasteiger partial charge in [-0.3, -0.25) is 14.4 Å². The van der Waals surface area contributed by atoms with E-state index in [1.165, 1.54) is 29.2 Å². The van der Waals surface area contributed by atoms with Gasteiger partial charge in [0, 0.05) is 25.1 Å². The number of alkyl halides is 3. The summed E-state index contributed by atoms with van der Waals surface area (Å²) in [4.78, 5) is 38.6. The maximum absolute atomic E-state index is 14.8. The first kappa shape index (κ1) is 29.1. The minimum Gasteiger partial charge on any atom is -0.484 e. The fraction of sp³-hybridized carbons (Fsp3) is 0.423. The molecule has 7 nitrogen and oxygen atoms in total. The van der Waals surface area contributed by atoms with Crippen molar-refractivity contribution in [1.82, 2.24) is 4.90 Å². The number of carboxylic acid groups (broad SMARTS) is 1. The zero-order chi connectivity index (χ0) is 28.3. The predicted octanol–water partition coefficient (Wildman–Crippen LogP) is 4.63. The zero-order valence-corrected chi connectivity index (χ0v) is 22.3. The maximum atomic E-state index is 14.8. The quantitative estimate of drug-likeness (QED) is 0.348. The Kier molecular flexibility index (Phi) is 8.85. The first-order valence-corrected chi connectivity index (χ1v) is 15.6. The van der Waals surface area contributed by atoms with Gasteiger partial charge in [0.05, 0.1) is 8.07 Å². The molecule has 0 fully saturated rings. The van der Waals surface area contributed by atoms with Gasteiger partial charge in [0.2, 0.25) is 5.91 Å². The van der Waals surface area contributed by atoms with Crippen molar-refractivity contribution in [2.75, 3.05) is 18.5 Å². The Balaban J connectivity index is 1.90. The zero-order valence-electron chi connectivity index (χ0n) is 21.3. The van der Waals surface area contributed by atoms with Gasteiger partial charge in [0.15, 0.2) is 6.61 Å². The number of amides is 2. The van der Waals surface area contributed by atoms with Crippen LogP contribution in [0.15, 0.2) is 36.4 Å². The standard InChI is InChI=1S/C26H30F4N2O5Si/c1-38(2,3)21-10-7-17(14-20(21)27)31-25(36)24-19-9-8-18(37-15-26(28,29)30)13-16(19)11-12-32(24)22(33)5-4-6-23(34)35/h7-10,13-14,24H,4-6,11-12,15H2,1-3H3,(H,31,36)(H,34,35)/t24-/m1/s1. The van der Waals surface area contributed by atoms with E-state index in [1.54, 1.807) is 12.1 Å². The molecule has 0 aliphatic carbocycles. The van der Waals surface area contributed by atoms with Crippen LogP contribution in [0.5, 0.6) is 5.75 Å². The molecule has 1 aliphatic heterocycles. The first-order valence-electron chi connectivity index (χ1n) is 12.1. The summed E-state index contributed by atoms with van der Waals surface area (Å²) in [7, 11) is -1.96. The molecule has 3 rings (SSSR count). The van der Waals surface area contributed by atoms with E-state index in [-0.39, 0.29) is 43.7 Å². The highest BCUT2D eigenvalue weighted by Crippen LogP contribution is 2.34. The number of aliphatic carboxylic acids is 1. The molecule has 2 aromatic rings. The van der Waals surface area contributed by atoms with Crippen LogP contribution in [-0.2, 0) is 20.8 Å². The van der Waals surface area contributed by atoms with Crippen LogP contribution in [0.4, 0.5) is 23.2 Å². The summed E-state index contributed by atoms with van der Waals surface area (Å²) in [6, 6.07) is 7.45. The minimum atomic E-state index is -4.52. The number of ether oxygens (including phenoxy) is 1. The van der Waals surface area contributed by atoms with E-state index in [9.17, 15) is 31.9 Å². The van der Waals surface area contributed by atoms with Gasteiger partial charge in [0.1, 0.15) is 17.6 Å². The Morgan fingerprint density at radius 3 is 2.42 bits per heavy atom. The molecule has 2 N–H and O–H groups in total. The number of carboxylic acids is 1. The van der Waals surface area contributed by atoms with Crippen LogP contribution in [0.25, 0.3) is 0 Å². The molecule has 2 aromatic carbocycles. The van der Waals surface area contributed by atoms with Crippen LogP contribution in [0.1, 0.15) is 36.4 Å². The van der Waals surface area contributed by atoms with Crippen LogP contribution < -0.4 is 15.2 Å². The van der Waals surface area contributed by atoms with Crippen molar-refractivity contribution in [3.05, 3.63) is 53.3 Å². The van der Waals surface area contributed by atoms with Crippen LogP contribution in [0, 0.1) is 5.82 Å². The Hall–Kier alpha value is -3.41. The third kappa shape index (κ3) is 7.56. The molecule has 0 radical (unpaired) electrons. The number of carbonyl (C=O) groups excluding carboxylic acids is 2. The van der Waals surface area contributed by atoms with Crippen molar-refractivity contribution in [2.45, 2.75) is 57.5 Å². The van der Waals surface area contributed by atoms with Gasteiger partial charge in [-0.2, -0.15) is 13.2 Å². The van der Waals surface area contributed by atoms with E-state index in [2.05, 4.69) is 5.32 Å². The molecule has 38 heavy (non-hydrogen) atoms. The van der Waals surface area contributed by atoms with Crippen LogP contribution in [-0.4, -0.2) is 55.2 Å². The van der Waals surface area contributed by atoms with E-state index in [1.807, 2.05) is 19.6 Å². The van der Waals surface area contributed by atoms with Gasteiger partial charge in [-0.15, -0.1) is 0 Å². The number of anilines is 1. The lowest BCUT2D eigenvalue weighted by Crippen LogP contribution is -2.45. The third-order valence-electron chi connectivity index (χ3n) is 6.14. The molecule has 1 atom stereocenters. The summed E-state index contributed by atoms with van der Waals surface area (Å²) in [6.07, 6.45) is -4.49. The molecule has 0 saturated heterocycles. The average Bonchev–Trinajstić information content (AvgIpc) is 2.80. The smallest absolute Gasteiger partial charge is 0.422 e. The van der Waals surface area contributed by atoms with Gasteiger partial charge in [0.25, 0.3) is 5.91 Å². The van der Waals surface area contributed by atoms with Crippen molar-refractivity contribution in [2.24, 2.45) is 0 Å². The average molecular weight is 555 g/mol. The molecule has 2 amide bonds. The Labute approximate surface area is 218 Å². The largest absolute Gasteiger partial charge is 0.484 e. The lowest BCUT2D eigenvalue weighted by Gasteiger charge is -2.36. The summed E-state index contributed by atoms with van der Waals surface area (Å²) in [5.74, 6) is -2.58. The topological polar surface area (TPSA) is 95.9 Å². The highest BCUT2D eigenvalue weighted by molar-refractivity contribution is 6.88. The van der Waals surface area contributed by atoms with E-state index in [0.29, 0.717) is 16.3 Å². The molecule has 12 heteroatoms. The first-order chi connectivity index (χ1) is 17.7.